The highest BCUT2D eigenvalue weighted by Crippen LogP contribution is 2.08. The summed E-state index contributed by atoms with van der Waals surface area (Å²) >= 11 is 0. The second-order valence-corrected chi connectivity index (χ2v) is 6.83. The molecule has 0 spiro atoms. The van der Waals surface area contributed by atoms with Crippen molar-refractivity contribution in [3.8, 4) is 0 Å². The largest absolute Gasteiger partial charge is 0.346 e. The van der Waals surface area contributed by atoms with E-state index in [1.54, 1.807) is 18.9 Å². The Morgan fingerprint density at radius 2 is 2.00 bits per heavy atom. The maximum atomic E-state index is 11.7. The van der Waals surface area contributed by atoms with Crippen LogP contribution in [0.2, 0.25) is 0 Å². The van der Waals surface area contributed by atoms with Gasteiger partial charge in [0, 0.05) is 20.0 Å². The molecule has 0 aromatic heterocycles. The summed E-state index contributed by atoms with van der Waals surface area (Å²) in [6, 6.07) is 0. The summed E-state index contributed by atoms with van der Waals surface area (Å²) < 4.78 is 23.4. The van der Waals surface area contributed by atoms with Crippen LogP contribution in [-0.2, 0) is 14.6 Å². The highest BCUT2D eigenvalue weighted by Gasteiger charge is 2.21. The lowest BCUT2D eigenvalue weighted by molar-refractivity contribution is -0.129. The molecule has 5 nitrogen and oxygen atoms in total. The van der Waals surface area contributed by atoms with Crippen LogP contribution in [0.25, 0.3) is 0 Å². The smallest absolute Gasteiger partial charge is 0.223 e. The van der Waals surface area contributed by atoms with Gasteiger partial charge >= 0.3 is 0 Å². The molecule has 0 bridgehead atoms. The van der Waals surface area contributed by atoms with Gasteiger partial charge in [0.05, 0.1) is 11.0 Å². The molecule has 0 aliphatic rings. The molecule has 0 heterocycles. The predicted molar refractivity (Wildman–Crippen MR) is 69.5 cm³/mol. The van der Waals surface area contributed by atoms with E-state index in [2.05, 4.69) is 0 Å². The van der Waals surface area contributed by atoms with Crippen molar-refractivity contribution in [3.63, 3.8) is 0 Å². The first-order chi connectivity index (χ1) is 7.85. The molecular weight excluding hydrogens is 240 g/mol. The predicted octanol–water partition coefficient (Wildman–Crippen LogP) is 0.397. The molecular formula is C11H24N2O3S. The third kappa shape index (κ3) is 6.02. The molecule has 1 atom stereocenters. The van der Waals surface area contributed by atoms with Crippen molar-refractivity contribution in [1.29, 1.82) is 0 Å². The van der Waals surface area contributed by atoms with E-state index in [-0.39, 0.29) is 23.3 Å². The van der Waals surface area contributed by atoms with E-state index < -0.39 is 9.84 Å². The van der Waals surface area contributed by atoms with Gasteiger partial charge in [0.1, 0.15) is 0 Å². The van der Waals surface area contributed by atoms with Gasteiger partial charge in [-0.2, -0.15) is 0 Å². The fourth-order valence-corrected chi connectivity index (χ4v) is 2.70. The van der Waals surface area contributed by atoms with Gasteiger partial charge in [-0.25, -0.2) is 8.42 Å². The summed E-state index contributed by atoms with van der Waals surface area (Å²) in [5, 5.41) is -0.371. The van der Waals surface area contributed by atoms with Crippen LogP contribution in [0.1, 0.15) is 33.1 Å². The molecule has 0 aromatic carbocycles. The average Bonchev–Trinajstić information content (AvgIpc) is 2.31. The van der Waals surface area contributed by atoms with Crippen LogP contribution in [-0.4, -0.2) is 50.4 Å². The van der Waals surface area contributed by atoms with Crippen LogP contribution in [0.3, 0.4) is 0 Å². The summed E-state index contributed by atoms with van der Waals surface area (Å²) in [7, 11) is -1.46. The lowest BCUT2D eigenvalue weighted by Gasteiger charge is -2.17. The number of carbonyl (C=O) groups excluding carboxylic acids is 1. The zero-order valence-corrected chi connectivity index (χ0v) is 11.8. The van der Waals surface area contributed by atoms with Crippen LogP contribution in [0.4, 0.5) is 0 Å². The average molecular weight is 264 g/mol. The molecule has 6 heteroatoms. The van der Waals surface area contributed by atoms with Crippen molar-refractivity contribution in [2.45, 2.75) is 38.4 Å². The normalized spacial score (nSPS) is 13.4. The Bertz CT molecular complexity index is 328. The van der Waals surface area contributed by atoms with Gasteiger partial charge in [0.25, 0.3) is 0 Å². The van der Waals surface area contributed by atoms with E-state index >= 15 is 0 Å². The van der Waals surface area contributed by atoms with Gasteiger partial charge in [-0.05, 0) is 26.3 Å². The third-order valence-electron chi connectivity index (χ3n) is 2.91. The van der Waals surface area contributed by atoms with E-state index in [0.717, 1.165) is 6.42 Å². The van der Waals surface area contributed by atoms with E-state index in [4.69, 9.17) is 5.73 Å². The van der Waals surface area contributed by atoms with Gasteiger partial charge < -0.3 is 10.6 Å². The van der Waals surface area contributed by atoms with E-state index in [9.17, 15) is 13.2 Å². The van der Waals surface area contributed by atoms with Crippen LogP contribution in [0.15, 0.2) is 0 Å². The van der Waals surface area contributed by atoms with Gasteiger partial charge in [-0.15, -0.1) is 0 Å². The number of rotatable bonds is 8. The molecule has 0 saturated carbocycles. The van der Waals surface area contributed by atoms with Crippen LogP contribution in [0.5, 0.6) is 0 Å². The molecule has 1 amide bonds. The molecule has 17 heavy (non-hydrogen) atoms. The number of hydrogen-bond donors (Lipinski definition) is 1. The Kier molecular flexibility index (Phi) is 7.38. The molecule has 102 valence electrons. The summed E-state index contributed by atoms with van der Waals surface area (Å²) in [6.45, 7) is 4.62. The maximum Gasteiger partial charge on any atom is 0.223 e. The highest BCUT2D eigenvalue weighted by atomic mass is 32.2. The first-order valence-electron chi connectivity index (χ1n) is 6.00. The van der Waals surface area contributed by atoms with Crippen LogP contribution >= 0.6 is 0 Å². The standard InChI is InChI=1S/C11H24N2O3S/c1-4-10(2)17(15,16)9-6-11(14)13(3)8-5-7-12/h10H,4-9,12H2,1-3H3. The van der Waals surface area contributed by atoms with Gasteiger partial charge in [-0.3, -0.25) is 4.79 Å². The van der Waals surface area contributed by atoms with Crippen molar-refractivity contribution < 1.29 is 13.2 Å². The lowest BCUT2D eigenvalue weighted by Crippen LogP contribution is -2.31. The third-order valence-corrected chi connectivity index (χ3v) is 5.24. The summed E-state index contributed by atoms with van der Waals surface area (Å²) in [5.41, 5.74) is 5.34. The fourth-order valence-electron chi connectivity index (χ4n) is 1.33. The van der Waals surface area contributed by atoms with Gasteiger partial charge in [0.15, 0.2) is 9.84 Å². The summed E-state index contributed by atoms with van der Waals surface area (Å²) in [5.74, 6) is -0.196. The minimum Gasteiger partial charge on any atom is -0.346 e. The van der Waals surface area contributed by atoms with Gasteiger partial charge in [0.2, 0.25) is 5.91 Å². The zero-order chi connectivity index (χ0) is 13.5. The molecule has 0 aliphatic heterocycles. The number of sulfone groups is 1. The van der Waals surface area contributed by atoms with Crippen LogP contribution < -0.4 is 5.73 Å². The molecule has 0 aliphatic carbocycles. The molecule has 1 unspecified atom stereocenters. The minimum atomic E-state index is -3.13. The highest BCUT2D eigenvalue weighted by molar-refractivity contribution is 7.92. The Balaban J connectivity index is 4.15. The number of nitrogens with two attached hydrogens (primary N) is 1. The minimum absolute atomic E-state index is 0.0617. The molecule has 0 saturated heterocycles. The molecule has 0 radical (unpaired) electrons. The number of amides is 1. The zero-order valence-electron chi connectivity index (χ0n) is 11.0. The second-order valence-electron chi connectivity index (χ2n) is 4.29. The van der Waals surface area contributed by atoms with E-state index in [0.29, 0.717) is 19.5 Å². The van der Waals surface area contributed by atoms with Crippen molar-refractivity contribution in [2.24, 2.45) is 5.73 Å². The monoisotopic (exact) mass is 264 g/mol. The quantitative estimate of drug-likeness (QED) is 0.688. The van der Waals surface area contributed by atoms with E-state index in [1.165, 1.54) is 0 Å². The van der Waals surface area contributed by atoms with Crippen molar-refractivity contribution in [2.75, 3.05) is 25.9 Å². The van der Waals surface area contributed by atoms with Crippen LogP contribution in [0, 0.1) is 0 Å². The molecule has 0 aromatic rings. The maximum absolute atomic E-state index is 11.7. The first kappa shape index (κ1) is 16.4. The number of nitrogens with zero attached hydrogens (tertiary/aromatic N) is 1. The fraction of sp³-hybridized carbons (Fsp3) is 0.909. The number of hydrogen-bond acceptors (Lipinski definition) is 4. The van der Waals surface area contributed by atoms with Crippen molar-refractivity contribution >= 4 is 15.7 Å². The molecule has 0 fully saturated rings. The van der Waals surface area contributed by atoms with Gasteiger partial charge in [-0.1, -0.05) is 6.92 Å². The van der Waals surface area contributed by atoms with Crippen molar-refractivity contribution in [1.82, 2.24) is 4.90 Å². The SMILES string of the molecule is CCC(C)S(=O)(=O)CCC(=O)N(C)CCCN. The van der Waals surface area contributed by atoms with Crippen molar-refractivity contribution in [3.05, 3.63) is 0 Å². The summed E-state index contributed by atoms with van der Waals surface area (Å²) in [6.07, 6.45) is 1.38. The molecule has 2 N–H and O–H groups in total. The lowest BCUT2D eigenvalue weighted by atomic mass is 10.3. The Labute approximate surface area is 104 Å². The van der Waals surface area contributed by atoms with E-state index in [1.807, 2.05) is 6.92 Å². The summed E-state index contributed by atoms with van der Waals surface area (Å²) in [4.78, 5) is 13.2. The second kappa shape index (κ2) is 7.66. The Morgan fingerprint density at radius 3 is 2.47 bits per heavy atom. The number of carbonyl (C=O) groups is 1. The Morgan fingerprint density at radius 1 is 1.41 bits per heavy atom. The molecule has 0 rings (SSSR count). The Hall–Kier alpha value is -0.620. The first-order valence-corrected chi connectivity index (χ1v) is 7.72. The topological polar surface area (TPSA) is 80.5 Å².